The summed E-state index contributed by atoms with van der Waals surface area (Å²) in [6, 6.07) is 6.61. The highest BCUT2D eigenvalue weighted by atomic mass is 35.5. The second-order valence-electron chi connectivity index (χ2n) is 4.34. The second kappa shape index (κ2) is 6.88. The van der Waals surface area contributed by atoms with Gasteiger partial charge in [0.1, 0.15) is 0 Å². The molecule has 7 heteroatoms. The molecule has 0 radical (unpaired) electrons. The Hall–Kier alpha value is -1.11. The topological polar surface area (TPSA) is 70.6 Å². The summed E-state index contributed by atoms with van der Waals surface area (Å²) in [5.74, 6) is 0. The summed E-state index contributed by atoms with van der Waals surface area (Å²) in [5.41, 5.74) is 4.90. The Bertz CT molecular complexity index is 533. The van der Waals surface area contributed by atoms with Gasteiger partial charge in [-0.25, -0.2) is 8.42 Å². The highest BCUT2D eigenvalue weighted by Crippen LogP contribution is 2.14. The monoisotopic (exact) mass is 303 g/mol. The van der Waals surface area contributed by atoms with Gasteiger partial charge in [0, 0.05) is 37.9 Å². The largest absolute Gasteiger partial charge is 0.316 e. The Morgan fingerprint density at radius 2 is 1.74 bits per heavy atom. The third kappa shape index (κ3) is 4.81. The highest BCUT2D eigenvalue weighted by Gasteiger charge is 2.07. The molecule has 1 aliphatic heterocycles. The maximum absolute atomic E-state index is 11.3. The van der Waals surface area contributed by atoms with Crippen LogP contribution in [0.4, 0.5) is 5.69 Å². The number of benzene rings is 1. The zero-order valence-electron chi connectivity index (χ0n) is 10.7. The fourth-order valence-corrected chi connectivity index (χ4v) is 2.38. The maximum Gasteiger partial charge on any atom is 0.175 e. The van der Waals surface area contributed by atoms with Gasteiger partial charge in [0.05, 0.1) is 10.6 Å². The fraction of sp³-hybridized carbons (Fsp3) is 0.417. The quantitative estimate of drug-likeness (QED) is 0.833. The van der Waals surface area contributed by atoms with Crippen LogP contribution in [-0.2, 0) is 9.84 Å². The zero-order chi connectivity index (χ0) is 13.0. The lowest BCUT2D eigenvalue weighted by Gasteiger charge is -2.14. The van der Waals surface area contributed by atoms with E-state index in [-0.39, 0.29) is 12.4 Å². The van der Waals surface area contributed by atoms with E-state index in [9.17, 15) is 8.42 Å². The number of hydrogen-bond donors (Lipinski definition) is 2. The van der Waals surface area contributed by atoms with Crippen molar-refractivity contribution in [1.82, 2.24) is 5.32 Å². The Labute approximate surface area is 119 Å². The number of hydrazone groups is 1. The van der Waals surface area contributed by atoms with Crippen LogP contribution in [0.1, 0.15) is 12.8 Å². The maximum atomic E-state index is 11.3. The molecule has 1 aromatic rings. The third-order valence-electron chi connectivity index (χ3n) is 2.81. The number of piperidine rings is 1. The summed E-state index contributed by atoms with van der Waals surface area (Å²) >= 11 is 0. The molecule has 1 aromatic carbocycles. The third-order valence-corrected chi connectivity index (χ3v) is 3.93. The molecule has 1 fully saturated rings. The van der Waals surface area contributed by atoms with E-state index in [4.69, 9.17) is 0 Å². The normalized spacial score (nSPS) is 15.5. The molecule has 0 amide bonds. The van der Waals surface area contributed by atoms with E-state index in [2.05, 4.69) is 15.8 Å². The Morgan fingerprint density at radius 3 is 2.26 bits per heavy atom. The van der Waals surface area contributed by atoms with Crippen LogP contribution in [0.5, 0.6) is 0 Å². The van der Waals surface area contributed by atoms with E-state index in [0.717, 1.165) is 37.3 Å². The Balaban J connectivity index is 0.00000180. The van der Waals surface area contributed by atoms with Crippen LogP contribution in [0.25, 0.3) is 0 Å². The van der Waals surface area contributed by atoms with Crippen LogP contribution in [0.15, 0.2) is 34.3 Å². The number of nitrogens with one attached hydrogen (secondary N) is 2. The first-order valence-corrected chi connectivity index (χ1v) is 7.77. The van der Waals surface area contributed by atoms with E-state index in [1.807, 2.05) is 0 Å². The molecule has 0 aromatic heterocycles. The number of sulfone groups is 1. The summed E-state index contributed by atoms with van der Waals surface area (Å²) in [6.45, 7) is 1.93. The van der Waals surface area contributed by atoms with E-state index >= 15 is 0 Å². The van der Waals surface area contributed by atoms with E-state index in [0.29, 0.717) is 4.90 Å². The number of nitrogens with zero attached hydrogens (tertiary/aromatic N) is 1. The van der Waals surface area contributed by atoms with Gasteiger partial charge in [-0.15, -0.1) is 12.4 Å². The van der Waals surface area contributed by atoms with Gasteiger partial charge in [0.2, 0.25) is 0 Å². The van der Waals surface area contributed by atoms with Gasteiger partial charge >= 0.3 is 0 Å². The van der Waals surface area contributed by atoms with Gasteiger partial charge in [-0.2, -0.15) is 5.10 Å². The first-order valence-electron chi connectivity index (χ1n) is 5.88. The number of hydrogen-bond acceptors (Lipinski definition) is 5. The summed E-state index contributed by atoms with van der Waals surface area (Å²) in [4.78, 5) is 0.322. The van der Waals surface area contributed by atoms with Gasteiger partial charge in [0.15, 0.2) is 9.84 Å². The molecular formula is C12H18ClN3O2S. The lowest BCUT2D eigenvalue weighted by molar-refractivity contribution is 0.602. The molecule has 0 spiro atoms. The zero-order valence-corrected chi connectivity index (χ0v) is 12.4. The summed E-state index contributed by atoms with van der Waals surface area (Å²) in [7, 11) is -3.13. The first-order chi connectivity index (χ1) is 8.55. The molecule has 1 aliphatic rings. The smallest absolute Gasteiger partial charge is 0.175 e. The van der Waals surface area contributed by atoms with Gasteiger partial charge in [-0.3, -0.25) is 5.43 Å². The van der Waals surface area contributed by atoms with Crippen molar-refractivity contribution in [3.63, 3.8) is 0 Å². The molecular weight excluding hydrogens is 286 g/mol. The lowest BCUT2D eigenvalue weighted by Crippen LogP contribution is -2.28. The van der Waals surface area contributed by atoms with Crippen molar-refractivity contribution in [2.75, 3.05) is 24.8 Å². The minimum absolute atomic E-state index is 0. The van der Waals surface area contributed by atoms with Crippen molar-refractivity contribution < 1.29 is 8.42 Å². The number of anilines is 1. The number of rotatable bonds is 3. The first kappa shape index (κ1) is 15.9. The van der Waals surface area contributed by atoms with Gasteiger partial charge in [0.25, 0.3) is 0 Å². The lowest BCUT2D eigenvalue weighted by atomic mass is 10.1. The van der Waals surface area contributed by atoms with Gasteiger partial charge in [-0.1, -0.05) is 0 Å². The van der Waals surface area contributed by atoms with Crippen molar-refractivity contribution >= 4 is 33.6 Å². The van der Waals surface area contributed by atoms with Crippen molar-refractivity contribution in [3.8, 4) is 0 Å². The Morgan fingerprint density at radius 1 is 1.16 bits per heavy atom. The van der Waals surface area contributed by atoms with Crippen LogP contribution in [0.2, 0.25) is 0 Å². The molecule has 1 heterocycles. The van der Waals surface area contributed by atoms with Crippen LogP contribution >= 0.6 is 12.4 Å². The van der Waals surface area contributed by atoms with E-state index in [1.165, 1.54) is 6.26 Å². The predicted molar refractivity (Wildman–Crippen MR) is 80.0 cm³/mol. The molecule has 1 saturated heterocycles. The summed E-state index contributed by atoms with van der Waals surface area (Å²) in [6.07, 6.45) is 3.10. The van der Waals surface area contributed by atoms with Crippen molar-refractivity contribution in [2.24, 2.45) is 5.10 Å². The molecule has 0 aliphatic carbocycles. The molecule has 5 nitrogen and oxygen atoms in total. The second-order valence-corrected chi connectivity index (χ2v) is 6.35. The van der Waals surface area contributed by atoms with E-state index in [1.54, 1.807) is 24.3 Å². The highest BCUT2D eigenvalue weighted by molar-refractivity contribution is 7.90. The summed E-state index contributed by atoms with van der Waals surface area (Å²) in [5, 5.41) is 7.58. The van der Waals surface area contributed by atoms with Crippen LogP contribution < -0.4 is 10.7 Å². The Kier molecular flexibility index (Phi) is 5.78. The molecule has 0 atom stereocenters. The van der Waals surface area contributed by atoms with Crippen LogP contribution in [0, 0.1) is 0 Å². The minimum atomic E-state index is -3.13. The minimum Gasteiger partial charge on any atom is -0.316 e. The SMILES string of the molecule is CS(=O)(=O)c1ccc(NN=C2CCNCC2)cc1.Cl. The predicted octanol–water partition coefficient (Wildman–Crippen LogP) is 1.66. The molecule has 2 N–H and O–H groups in total. The van der Waals surface area contributed by atoms with Crippen molar-refractivity contribution in [2.45, 2.75) is 17.7 Å². The van der Waals surface area contributed by atoms with Gasteiger partial charge < -0.3 is 5.32 Å². The number of halogens is 1. The molecule has 19 heavy (non-hydrogen) atoms. The molecule has 106 valence electrons. The molecule has 0 bridgehead atoms. The molecule has 2 rings (SSSR count). The molecule has 0 saturated carbocycles. The van der Waals surface area contributed by atoms with Crippen LogP contribution in [0.3, 0.4) is 0 Å². The van der Waals surface area contributed by atoms with Crippen molar-refractivity contribution in [3.05, 3.63) is 24.3 Å². The van der Waals surface area contributed by atoms with Gasteiger partial charge in [-0.05, 0) is 24.3 Å². The van der Waals surface area contributed by atoms with Crippen molar-refractivity contribution in [1.29, 1.82) is 0 Å². The average molecular weight is 304 g/mol. The van der Waals surface area contributed by atoms with E-state index < -0.39 is 9.84 Å². The molecule has 0 unspecified atom stereocenters. The van der Waals surface area contributed by atoms with Crippen LogP contribution in [-0.4, -0.2) is 33.5 Å². The fourth-order valence-electron chi connectivity index (χ4n) is 1.75. The summed E-state index contributed by atoms with van der Waals surface area (Å²) < 4.78 is 22.6. The standard InChI is InChI=1S/C12H17N3O2S.ClH/c1-18(16,17)12-4-2-10(3-5-12)14-15-11-6-8-13-9-7-11;/h2-5,13-14H,6-9H2,1H3;1H. The average Bonchev–Trinajstić information content (AvgIpc) is 2.37.